The van der Waals surface area contributed by atoms with Crippen LogP contribution in [-0.4, -0.2) is 23.8 Å². The zero-order valence-corrected chi connectivity index (χ0v) is 11.6. The first kappa shape index (κ1) is 15.1. The highest BCUT2D eigenvalue weighted by molar-refractivity contribution is 6.43. The summed E-state index contributed by atoms with van der Waals surface area (Å²) < 4.78 is 0. The van der Waals surface area contributed by atoms with Crippen LogP contribution in [0, 0.1) is 0 Å². The zero-order valence-electron chi connectivity index (χ0n) is 10.0. The Morgan fingerprint density at radius 3 is 2.78 bits per heavy atom. The lowest BCUT2D eigenvalue weighted by molar-refractivity contribution is 0.237. The smallest absolute Gasteiger partial charge is 0.319 e. The molecule has 100 valence electrons. The van der Waals surface area contributed by atoms with Gasteiger partial charge in [-0.25, -0.2) is 4.79 Å². The van der Waals surface area contributed by atoms with Crippen LogP contribution in [0.1, 0.15) is 19.8 Å². The average molecular weight is 291 g/mol. The first-order valence-corrected chi connectivity index (χ1v) is 6.46. The van der Waals surface area contributed by atoms with Crippen molar-refractivity contribution >= 4 is 34.9 Å². The molecule has 0 heterocycles. The van der Waals surface area contributed by atoms with Crippen LogP contribution >= 0.6 is 23.2 Å². The van der Waals surface area contributed by atoms with Gasteiger partial charge >= 0.3 is 6.03 Å². The summed E-state index contributed by atoms with van der Waals surface area (Å²) in [4.78, 5) is 11.7. The second-order valence-electron chi connectivity index (χ2n) is 3.82. The van der Waals surface area contributed by atoms with Gasteiger partial charge in [-0.05, 0) is 25.0 Å². The van der Waals surface area contributed by atoms with Crippen molar-refractivity contribution in [3.05, 3.63) is 28.2 Å². The minimum absolute atomic E-state index is 0.0384. The van der Waals surface area contributed by atoms with Gasteiger partial charge in [0.1, 0.15) is 0 Å². The summed E-state index contributed by atoms with van der Waals surface area (Å²) in [6.07, 6.45) is 1.27. The Labute approximate surface area is 116 Å². The molecule has 1 aromatic rings. The summed E-state index contributed by atoms with van der Waals surface area (Å²) in [6.45, 7) is 1.98. The number of hydrogen-bond donors (Lipinski definition) is 3. The molecular weight excluding hydrogens is 275 g/mol. The van der Waals surface area contributed by atoms with E-state index < -0.39 is 0 Å². The van der Waals surface area contributed by atoms with Gasteiger partial charge in [-0.15, -0.1) is 0 Å². The third-order valence-electron chi connectivity index (χ3n) is 2.51. The molecular formula is C12H16Cl2N2O2. The number of rotatable bonds is 5. The van der Waals surface area contributed by atoms with Crippen LogP contribution in [0.3, 0.4) is 0 Å². The van der Waals surface area contributed by atoms with Crippen molar-refractivity contribution in [2.75, 3.05) is 11.9 Å². The minimum Gasteiger partial charge on any atom is -0.396 e. The van der Waals surface area contributed by atoms with E-state index in [1.165, 1.54) is 0 Å². The molecule has 0 fully saturated rings. The summed E-state index contributed by atoms with van der Waals surface area (Å²) in [5.41, 5.74) is 0.459. The number of hydrogen-bond acceptors (Lipinski definition) is 2. The van der Waals surface area contributed by atoms with E-state index in [-0.39, 0.29) is 18.7 Å². The normalized spacial score (nSPS) is 12.0. The van der Waals surface area contributed by atoms with Crippen LogP contribution < -0.4 is 10.6 Å². The van der Waals surface area contributed by atoms with E-state index in [2.05, 4.69) is 10.6 Å². The molecule has 2 amide bonds. The Balaban J connectivity index is 2.61. The predicted octanol–water partition coefficient (Wildman–Crippen LogP) is 3.28. The first-order chi connectivity index (χ1) is 8.58. The summed E-state index contributed by atoms with van der Waals surface area (Å²) >= 11 is 11.8. The molecule has 0 aliphatic rings. The van der Waals surface area contributed by atoms with Crippen molar-refractivity contribution in [1.82, 2.24) is 5.32 Å². The Morgan fingerprint density at radius 1 is 1.44 bits per heavy atom. The fourth-order valence-electron chi connectivity index (χ4n) is 1.48. The van der Waals surface area contributed by atoms with Gasteiger partial charge in [0.2, 0.25) is 0 Å². The largest absolute Gasteiger partial charge is 0.396 e. The van der Waals surface area contributed by atoms with Crippen molar-refractivity contribution in [2.45, 2.75) is 25.8 Å². The third-order valence-corrected chi connectivity index (χ3v) is 3.32. The van der Waals surface area contributed by atoms with Crippen LogP contribution in [0.15, 0.2) is 18.2 Å². The SMILES string of the molecule is CCC(CCO)NC(=O)Nc1cccc(Cl)c1Cl. The molecule has 0 saturated heterocycles. The number of nitrogens with one attached hydrogen (secondary N) is 2. The molecule has 1 rings (SSSR count). The van der Waals surface area contributed by atoms with E-state index in [9.17, 15) is 4.79 Å². The number of amides is 2. The highest BCUT2D eigenvalue weighted by atomic mass is 35.5. The van der Waals surface area contributed by atoms with Gasteiger partial charge < -0.3 is 15.7 Å². The molecule has 0 saturated carbocycles. The molecule has 0 aliphatic heterocycles. The molecule has 1 atom stereocenters. The van der Waals surface area contributed by atoms with Crippen LogP contribution in [-0.2, 0) is 0 Å². The lowest BCUT2D eigenvalue weighted by Gasteiger charge is -2.16. The molecule has 1 unspecified atom stereocenters. The third kappa shape index (κ3) is 4.37. The predicted molar refractivity (Wildman–Crippen MR) is 74.4 cm³/mol. The summed E-state index contributed by atoms with van der Waals surface area (Å²) in [6, 6.07) is 4.59. The quantitative estimate of drug-likeness (QED) is 0.779. The van der Waals surface area contributed by atoms with E-state index >= 15 is 0 Å². The highest BCUT2D eigenvalue weighted by Gasteiger charge is 2.12. The number of aliphatic hydroxyl groups excluding tert-OH is 1. The molecule has 4 nitrogen and oxygen atoms in total. The van der Waals surface area contributed by atoms with Crippen LogP contribution in [0.2, 0.25) is 10.0 Å². The van der Waals surface area contributed by atoms with E-state index in [0.29, 0.717) is 22.2 Å². The topological polar surface area (TPSA) is 61.4 Å². The van der Waals surface area contributed by atoms with Gasteiger partial charge in [0.05, 0.1) is 15.7 Å². The number of carbonyl (C=O) groups is 1. The van der Waals surface area contributed by atoms with Crippen LogP contribution in [0.5, 0.6) is 0 Å². The van der Waals surface area contributed by atoms with Gasteiger partial charge in [0.15, 0.2) is 0 Å². The van der Waals surface area contributed by atoms with Crippen molar-refractivity contribution in [2.24, 2.45) is 0 Å². The summed E-state index contributed by atoms with van der Waals surface area (Å²) in [5, 5.41) is 14.9. The van der Waals surface area contributed by atoms with Crippen molar-refractivity contribution < 1.29 is 9.90 Å². The van der Waals surface area contributed by atoms with E-state index in [1.54, 1.807) is 18.2 Å². The van der Waals surface area contributed by atoms with E-state index in [0.717, 1.165) is 6.42 Å². The summed E-state index contributed by atoms with van der Waals surface area (Å²) in [7, 11) is 0. The Morgan fingerprint density at radius 2 is 2.17 bits per heavy atom. The lowest BCUT2D eigenvalue weighted by atomic mass is 10.2. The van der Waals surface area contributed by atoms with Gasteiger partial charge in [0, 0.05) is 12.6 Å². The Hall–Kier alpha value is -0.970. The average Bonchev–Trinajstić information content (AvgIpc) is 2.34. The van der Waals surface area contributed by atoms with Gasteiger partial charge in [-0.2, -0.15) is 0 Å². The number of aliphatic hydroxyl groups is 1. The molecule has 6 heteroatoms. The Bertz CT molecular complexity index is 413. The van der Waals surface area contributed by atoms with Crippen molar-refractivity contribution in [3.63, 3.8) is 0 Å². The number of urea groups is 1. The standard InChI is InChI=1S/C12H16Cl2N2O2/c1-2-8(6-7-17)15-12(18)16-10-5-3-4-9(13)11(10)14/h3-5,8,17H,2,6-7H2,1H3,(H2,15,16,18). The fraction of sp³-hybridized carbons (Fsp3) is 0.417. The molecule has 0 radical (unpaired) electrons. The highest BCUT2D eigenvalue weighted by Crippen LogP contribution is 2.29. The molecule has 0 aromatic heterocycles. The number of halogens is 2. The number of anilines is 1. The van der Waals surface area contributed by atoms with Crippen molar-refractivity contribution in [3.8, 4) is 0 Å². The Kier molecular flexibility index (Phi) is 6.25. The monoisotopic (exact) mass is 290 g/mol. The van der Waals surface area contributed by atoms with Gasteiger partial charge in [-0.3, -0.25) is 0 Å². The van der Waals surface area contributed by atoms with E-state index in [4.69, 9.17) is 28.3 Å². The zero-order chi connectivity index (χ0) is 13.5. The number of benzene rings is 1. The van der Waals surface area contributed by atoms with E-state index in [1.807, 2.05) is 6.92 Å². The van der Waals surface area contributed by atoms with Crippen LogP contribution in [0.4, 0.5) is 10.5 Å². The number of carbonyl (C=O) groups excluding carboxylic acids is 1. The van der Waals surface area contributed by atoms with Crippen LogP contribution in [0.25, 0.3) is 0 Å². The minimum atomic E-state index is -0.362. The van der Waals surface area contributed by atoms with Gasteiger partial charge in [0.25, 0.3) is 0 Å². The first-order valence-electron chi connectivity index (χ1n) is 5.70. The molecule has 3 N–H and O–H groups in total. The fourth-order valence-corrected chi connectivity index (χ4v) is 1.83. The van der Waals surface area contributed by atoms with Crippen molar-refractivity contribution in [1.29, 1.82) is 0 Å². The second-order valence-corrected chi connectivity index (χ2v) is 4.60. The molecule has 0 bridgehead atoms. The maximum atomic E-state index is 11.7. The molecule has 1 aromatic carbocycles. The second kappa shape index (κ2) is 7.46. The summed E-state index contributed by atoms with van der Waals surface area (Å²) in [5.74, 6) is 0. The lowest BCUT2D eigenvalue weighted by Crippen LogP contribution is -2.38. The molecule has 0 spiro atoms. The maximum absolute atomic E-state index is 11.7. The maximum Gasteiger partial charge on any atom is 0.319 e. The van der Waals surface area contributed by atoms with Gasteiger partial charge in [-0.1, -0.05) is 36.2 Å². The molecule has 18 heavy (non-hydrogen) atoms. The molecule has 0 aliphatic carbocycles.